The summed E-state index contributed by atoms with van der Waals surface area (Å²) in [6.07, 6.45) is 0.106. The van der Waals surface area contributed by atoms with Crippen molar-refractivity contribution in [3.63, 3.8) is 0 Å². The lowest BCUT2D eigenvalue weighted by Crippen LogP contribution is -2.21. The molecule has 0 N–H and O–H groups in total. The Bertz CT molecular complexity index is 1180. The van der Waals surface area contributed by atoms with Gasteiger partial charge in [0, 0.05) is 5.56 Å². The zero-order valence-electron chi connectivity index (χ0n) is 17.8. The molecule has 0 fully saturated rings. The molecule has 2 aromatic heterocycles. The van der Waals surface area contributed by atoms with Gasteiger partial charge in [0.15, 0.2) is 5.69 Å². The Balaban J connectivity index is 1.34. The van der Waals surface area contributed by atoms with Crippen molar-refractivity contribution >= 4 is 0 Å². The number of aryl methyl sites for hydroxylation is 1. The van der Waals surface area contributed by atoms with Gasteiger partial charge >= 0.3 is 0 Å². The number of nitrogens with zero attached hydrogens (tertiary/aromatic N) is 4. The van der Waals surface area contributed by atoms with Crippen LogP contribution < -0.4 is 4.74 Å². The molecular formula is C24H24N4O3. The Morgan fingerprint density at radius 3 is 2.58 bits per heavy atom. The number of benzene rings is 2. The van der Waals surface area contributed by atoms with Crippen LogP contribution in [0.4, 0.5) is 0 Å². The molecule has 0 radical (unpaired) electrons. The van der Waals surface area contributed by atoms with Crippen molar-refractivity contribution in [2.75, 3.05) is 0 Å². The SMILES string of the molecule is Cc1ccc([C@H]2Cn3nc(-c4nc(-c5ccc(OC(C)C)cc5)no4)cc3CO2)cc1. The van der Waals surface area contributed by atoms with Gasteiger partial charge in [-0.05, 0) is 56.7 Å². The number of hydrogen-bond acceptors (Lipinski definition) is 6. The Morgan fingerprint density at radius 2 is 1.84 bits per heavy atom. The van der Waals surface area contributed by atoms with Crippen molar-refractivity contribution in [2.24, 2.45) is 0 Å². The lowest BCUT2D eigenvalue weighted by Gasteiger charge is -2.24. The molecule has 0 aliphatic carbocycles. The lowest BCUT2D eigenvalue weighted by atomic mass is 10.1. The smallest absolute Gasteiger partial charge is 0.278 e. The number of rotatable bonds is 5. The molecule has 3 heterocycles. The van der Waals surface area contributed by atoms with Crippen LogP contribution in [-0.2, 0) is 17.9 Å². The van der Waals surface area contributed by atoms with Gasteiger partial charge in [0.1, 0.15) is 11.9 Å². The molecule has 1 aliphatic rings. The number of fused-ring (bicyclic) bond motifs is 1. The zero-order chi connectivity index (χ0) is 21.4. The second-order valence-electron chi connectivity index (χ2n) is 8.03. The van der Waals surface area contributed by atoms with Crippen LogP contribution in [-0.4, -0.2) is 26.0 Å². The third kappa shape index (κ3) is 4.09. The van der Waals surface area contributed by atoms with Gasteiger partial charge in [0.25, 0.3) is 5.89 Å². The standard InChI is InChI=1S/C24H24N4O3/c1-15(2)30-20-10-8-18(9-11-20)23-25-24(31-27-23)21-12-19-14-29-22(13-28(19)26-21)17-6-4-16(3)5-7-17/h4-12,15,22H,13-14H2,1-3H3/t22-/m1/s1. The minimum absolute atomic E-state index is 0.0225. The van der Waals surface area contributed by atoms with E-state index in [1.54, 1.807) is 0 Å². The van der Waals surface area contributed by atoms with E-state index in [2.05, 4.69) is 46.4 Å². The second-order valence-corrected chi connectivity index (χ2v) is 8.03. The summed E-state index contributed by atoms with van der Waals surface area (Å²) in [5, 5.41) is 8.81. The first-order valence-corrected chi connectivity index (χ1v) is 10.4. The van der Waals surface area contributed by atoms with E-state index < -0.39 is 0 Å². The summed E-state index contributed by atoms with van der Waals surface area (Å²) in [6.45, 7) is 7.21. The van der Waals surface area contributed by atoms with Crippen molar-refractivity contribution in [1.29, 1.82) is 0 Å². The minimum Gasteiger partial charge on any atom is -0.491 e. The summed E-state index contributed by atoms with van der Waals surface area (Å²) in [5.74, 6) is 1.73. The van der Waals surface area contributed by atoms with E-state index in [0.717, 1.165) is 22.6 Å². The summed E-state index contributed by atoms with van der Waals surface area (Å²) in [7, 11) is 0. The average molecular weight is 416 g/mol. The van der Waals surface area contributed by atoms with Gasteiger partial charge in [0.05, 0.1) is 24.9 Å². The molecule has 0 saturated heterocycles. The molecule has 5 rings (SSSR count). The van der Waals surface area contributed by atoms with E-state index in [-0.39, 0.29) is 12.2 Å². The fourth-order valence-electron chi connectivity index (χ4n) is 3.61. The number of aromatic nitrogens is 4. The van der Waals surface area contributed by atoms with Gasteiger partial charge in [-0.3, -0.25) is 4.68 Å². The Hall–Kier alpha value is -3.45. The van der Waals surface area contributed by atoms with Gasteiger partial charge in [-0.15, -0.1) is 0 Å². The molecule has 1 atom stereocenters. The fraction of sp³-hybridized carbons (Fsp3) is 0.292. The summed E-state index contributed by atoms with van der Waals surface area (Å²) >= 11 is 0. The molecule has 0 amide bonds. The predicted molar refractivity (Wildman–Crippen MR) is 115 cm³/mol. The number of hydrogen-bond donors (Lipinski definition) is 0. The van der Waals surface area contributed by atoms with Crippen LogP contribution in [0.3, 0.4) is 0 Å². The van der Waals surface area contributed by atoms with Gasteiger partial charge < -0.3 is 14.0 Å². The first-order chi connectivity index (χ1) is 15.0. The Morgan fingerprint density at radius 1 is 1.06 bits per heavy atom. The average Bonchev–Trinajstić information content (AvgIpc) is 3.41. The van der Waals surface area contributed by atoms with Crippen LogP contribution in [0.25, 0.3) is 23.0 Å². The molecule has 158 valence electrons. The van der Waals surface area contributed by atoms with Crippen LogP contribution in [0.2, 0.25) is 0 Å². The van der Waals surface area contributed by atoms with Crippen molar-refractivity contribution in [3.8, 4) is 28.7 Å². The fourth-order valence-corrected chi connectivity index (χ4v) is 3.61. The molecule has 1 aliphatic heterocycles. The van der Waals surface area contributed by atoms with Gasteiger partial charge in [0.2, 0.25) is 5.82 Å². The molecule has 7 heteroatoms. The molecule has 31 heavy (non-hydrogen) atoms. The largest absolute Gasteiger partial charge is 0.491 e. The van der Waals surface area contributed by atoms with Crippen LogP contribution in [0, 0.1) is 6.92 Å². The second kappa shape index (κ2) is 8.00. The summed E-state index contributed by atoms with van der Waals surface area (Å²) in [4.78, 5) is 4.54. The molecule has 0 bridgehead atoms. The van der Waals surface area contributed by atoms with Gasteiger partial charge in [-0.1, -0.05) is 35.0 Å². The molecule has 2 aromatic carbocycles. The van der Waals surface area contributed by atoms with Crippen molar-refractivity contribution < 1.29 is 14.0 Å². The third-order valence-electron chi connectivity index (χ3n) is 5.21. The van der Waals surface area contributed by atoms with Gasteiger partial charge in [-0.2, -0.15) is 10.1 Å². The van der Waals surface area contributed by atoms with Crippen molar-refractivity contribution in [3.05, 3.63) is 71.4 Å². The molecule has 4 aromatic rings. The molecule has 0 spiro atoms. The van der Waals surface area contributed by atoms with E-state index >= 15 is 0 Å². The summed E-state index contributed by atoms with van der Waals surface area (Å²) < 4.78 is 19.2. The van der Waals surface area contributed by atoms with E-state index in [1.807, 2.05) is 48.9 Å². The maximum atomic E-state index is 6.05. The Labute approximate surface area is 180 Å². The monoisotopic (exact) mass is 416 g/mol. The van der Waals surface area contributed by atoms with Gasteiger partial charge in [-0.25, -0.2) is 0 Å². The quantitative estimate of drug-likeness (QED) is 0.457. The zero-order valence-corrected chi connectivity index (χ0v) is 17.8. The predicted octanol–water partition coefficient (Wildman–Crippen LogP) is 4.97. The highest BCUT2D eigenvalue weighted by molar-refractivity contribution is 5.59. The summed E-state index contributed by atoms with van der Waals surface area (Å²) in [5.41, 5.74) is 4.89. The van der Waals surface area contributed by atoms with Crippen molar-refractivity contribution in [2.45, 2.75) is 46.1 Å². The minimum atomic E-state index is -0.0225. The van der Waals surface area contributed by atoms with Crippen LogP contribution in [0.5, 0.6) is 5.75 Å². The molecular weight excluding hydrogens is 392 g/mol. The highest BCUT2D eigenvalue weighted by Crippen LogP contribution is 2.30. The first kappa shape index (κ1) is 19.5. The first-order valence-electron chi connectivity index (χ1n) is 10.4. The van der Waals surface area contributed by atoms with Crippen LogP contribution in [0.15, 0.2) is 59.1 Å². The molecule has 0 saturated carbocycles. The topological polar surface area (TPSA) is 75.2 Å². The van der Waals surface area contributed by atoms with E-state index in [4.69, 9.17) is 14.0 Å². The lowest BCUT2D eigenvalue weighted by molar-refractivity contribution is -0.00113. The molecule has 0 unspecified atom stereocenters. The van der Waals surface area contributed by atoms with E-state index in [1.165, 1.54) is 5.56 Å². The third-order valence-corrected chi connectivity index (χ3v) is 5.21. The highest BCUT2D eigenvalue weighted by atomic mass is 16.5. The van der Waals surface area contributed by atoms with Crippen molar-refractivity contribution in [1.82, 2.24) is 19.9 Å². The van der Waals surface area contributed by atoms with E-state index in [9.17, 15) is 0 Å². The van der Waals surface area contributed by atoms with Crippen LogP contribution in [0.1, 0.15) is 36.8 Å². The number of ether oxygens (including phenoxy) is 2. The molecule has 7 nitrogen and oxygen atoms in total. The highest BCUT2D eigenvalue weighted by Gasteiger charge is 2.24. The maximum absolute atomic E-state index is 6.05. The normalized spacial score (nSPS) is 15.8. The van der Waals surface area contributed by atoms with Crippen LogP contribution >= 0.6 is 0 Å². The van der Waals surface area contributed by atoms with E-state index in [0.29, 0.717) is 30.6 Å². The maximum Gasteiger partial charge on any atom is 0.278 e. The Kier molecular flexibility index (Phi) is 5.03. The summed E-state index contributed by atoms with van der Waals surface area (Å²) in [6, 6.07) is 18.0.